The summed E-state index contributed by atoms with van der Waals surface area (Å²) in [5.74, 6) is 0.00250. The third kappa shape index (κ3) is 2.75. The lowest BCUT2D eigenvalue weighted by Crippen LogP contribution is -2.24. The molecule has 1 amide bonds. The van der Waals surface area contributed by atoms with Gasteiger partial charge in [0.15, 0.2) is 0 Å². The Hall–Kier alpha value is -2.55. The van der Waals surface area contributed by atoms with Crippen LogP contribution < -0.4 is 5.32 Å². The van der Waals surface area contributed by atoms with E-state index in [0.29, 0.717) is 12.1 Å². The summed E-state index contributed by atoms with van der Waals surface area (Å²) in [5.41, 5.74) is 0.497. The highest BCUT2D eigenvalue weighted by molar-refractivity contribution is 6.05. The second-order valence-electron chi connectivity index (χ2n) is 5.53. The summed E-state index contributed by atoms with van der Waals surface area (Å²) in [5, 5.41) is 16.9. The Labute approximate surface area is 129 Å². The largest absolute Gasteiger partial charge is 0.507 e. The van der Waals surface area contributed by atoms with Crippen LogP contribution in [0.5, 0.6) is 5.75 Å². The Morgan fingerprint density at radius 1 is 1.05 bits per heavy atom. The van der Waals surface area contributed by atoms with Crippen molar-refractivity contribution in [2.24, 2.45) is 0 Å². The molecule has 112 valence electrons. The number of phenolic OH excluding ortho intramolecular Hbond substituents is 1. The number of hydrogen-bond acceptors (Lipinski definition) is 2. The number of fused-ring (bicyclic) bond motifs is 2. The zero-order valence-corrected chi connectivity index (χ0v) is 12.6. The van der Waals surface area contributed by atoms with Crippen molar-refractivity contribution in [1.29, 1.82) is 0 Å². The maximum absolute atomic E-state index is 12.2. The molecular formula is C19H19NO2. The van der Waals surface area contributed by atoms with E-state index in [4.69, 9.17) is 0 Å². The van der Waals surface area contributed by atoms with Gasteiger partial charge >= 0.3 is 0 Å². The van der Waals surface area contributed by atoms with Crippen molar-refractivity contribution in [1.82, 2.24) is 5.32 Å². The average molecular weight is 293 g/mol. The summed E-state index contributed by atoms with van der Waals surface area (Å²) in [6.07, 6.45) is 1.99. The van der Waals surface area contributed by atoms with E-state index in [2.05, 4.69) is 12.2 Å². The summed E-state index contributed by atoms with van der Waals surface area (Å²) in [6.45, 7) is 2.74. The van der Waals surface area contributed by atoms with Crippen LogP contribution in [-0.4, -0.2) is 17.6 Å². The van der Waals surface area contributed by atoms with Crippen LogP contribution in [0, 0.1) is 0 Å². The van der Waals surface area contributed by atoms with Crippen molar-refractivity contribution in [3.63, 3.8) is 0 Å². The molecule has 0 unspecified atom stereocenters. The Kier molecular flexibility index (Phi) is 3.96. The number of rotatable bonds is 4. The number of nitrogens with one attached hydrogen (secondary N) is 1. The third-order valence-electron chi connectivity index (χ3n) is 3.88. The van der Waals surface area contributed by atoms with E-state index in [-0.39, 0.29) is 11.7 Å². The Morgan fingerprint density at radius 2 is 1.77 bits per heavy atom. The van der Waals surface area contributed by atoms with Gasteiger partial charge in [-0.2, -0.15) is 0 Å². The van der Waals surface area contributed by atoms with Gasteiger partial charge in [-0.15, -0.1) is 0 Å². The minimum atomic E-state index is -0.140. The van der Waals surface area contributed by atoms with Gasteiger partial charge in [0.25, 0.3) is 5.91 Å². The molecule has 3 aromatic carbocycles. The molecule has 0 heterocycles. The second-order valence-corrected chi connectivity index (χ2v) is 5.53. The maximum Gasteiger partial charge on any atom is 0.251 e. The zero-order valence-electron chi connectivity index (χ0n) is 12.6. The molecule has 0 aromatic heterocycles. The monoisotopic (exact) mass is 293 g/mol. The van der Waals surface area contributed by atoms with Crippen LogP contribution in [0.25, 0.3) is 21.5 Å². The second kappa shape index (κ2) is 6.06. The van der Waals surface area contributed by atoms with Crippen LogP contribution in [0.3, 0.4) is 0 Å². The lowest BCUT2D eigenvalue weighted by atomic mass is 10.0. The smallest absolute Gasteiger partial charge is 0.251 e. The van der Waals surface area contributed by atoms with E-state index in [1.807, 2.05) is 42.5 Å². The van der Waals surface area contributed by atoms with Crippen LogP contribution in [-0.2, 0) is 0 Å². The highest BCUT2D eigenvalue weighted by Crippen LogP contribution is 2.30. The molecule has 3 nitrogen and oxygen atoms in total. The molecule has 3 rings (SSSR count). The third-order valence-corrected chi connectivity index (χ3v) is 3.88. The average Bonchev–Trinajstić information content (AvgIpc) is 2.53. The molecule has 2 N–H and O–H groups in total. The molecule has 0 radical (unpaired) electrons. The van der Waals surface area contributed by atoms with E-state index in [9.17, 15) is 9.90 Å². The lowest BCUT2D eigenvalue weighted by Gasteiger charge is -2.09. The first-order valence-electron chi connectivity index (χ1n) is 7.63. The molecular weight excluding hydrogens is 274 g/mol. The first-order valence-corrected chi connectivity index (χ1v) is 7.63. The number of carbonyl (C=O) groups excluding carboxylic acids is 1. The van der Waals surface area contributed by atoms with E-state index in [1.54, 1.807) is 6.07 Å². The van der Waals surface area contributed by atoms with Crippen molar-refractivity contribution in [2.75, 3.05) is 6.54 Å². The first kappa shape index (κ1) is 14.4. The van der Waals surface area contributed by atoms with Crippen molar-refractivity contribution >= 4 is 27.5 Å². The van der Waals surface area contributed by atoms with Crippen LogP contribution in [0.2, 0.25) is 0 Å². The summed E-state index contributed by atoms with van der Waals surface area (Å²) in [7, 11) is 0. The predicted molar refractivity (Wildman–Crippen MR) is 90.4 cm³/mol. The number of unbranched alkanes of at least 4 members (excludes halogenated alkanes) is 1. The van der Waals surface area contributed by atoms with Crippen LogP contribution in [0.1, 0.15) is 30.1 Å². The van der Waals surface area contributed by atoms with E-state index in [1.165, 1.54) is 0 Å². The van der Waals surface area contributed by atoms with Gasteiger partial charge in [-0.25, -0.2) is 0 Å². The number of amides is 1. The van der Waals surface area contributed by atoms with Gasteiger partial charge < -0.3 is 10.4 Å². The minimum Gasteiger partial charge on any atom is -0.507 e. The van der Waals surface area contributed by atoms with Gasteiger partial charge in [0.05, 0.1) is 0 Å². The fourth-order valence-corrected chi connectivity index (χ4v) is 2.65. The molecule has 0 fully saturated rings. The number of hydrogen-bond donors (Lipinski definition) is 2. The Balaban J connectivity index is 2.03. The molecule has 0 saturated heterocycles. The molecule has 0 atom stereocenters. The number of aromatic hydroxyl groups is 1. The molecule has 0 aliphatic carbocycles. The Bertz CT molecular complexity index is 839. The van der Waals surface area contributed by atoms with Gasteiger partial charge in [-0.3, -0.25) is 4.79 Å². The van der Waals surface area contributed by atoms with Gasteiger partial charge in [0.2, 0.25) is 0 Å². The van der Waals surface area contributed by atoms with Gasteiger partial charge in [0.1, 0.15) is 5.75 Å². The van der Waals surface area contributed by atoms with Crippen molar-refractivity contribution in [2.45, 2.75) is 19.8 Å². The zero-order chi connectivity index (χ0) is 15.5. The number of benzene rings is 3. The maximum atomic E-state index is 12.2. The molecule has 0 aliphatic rings. The number of phenols is 1. The van der Waals surface area contributed by atoms with Gasteiger partial charge in [-0.1, -0.05) is 37.6 Å². The van der Waals surface area contributed by atoms with Crippen molar-refractivity contribution < 1.29 is 9.90 Å². The topological polar surface area (TPSA) is 49.3 Å². The van der Waals surface area contributed by atoms with Crippen LogP contribution in [0.4, 0.5) is 0 Å². The highest BCUT2D eigenvalue weighted by atomic mass is 16.3. The summed E-state index contributed by atoms with van der Waals surface area (Å²) >= 11 is 0. The van der Waals surface area contributed by atoms with Crippen LogP contribution >= 0.6 is 0 Å². The summed E-state index contributed by atoms with van der Waals surface area (Å²) in [4.78, 5) is 12.2. The van der Waals surface area contributed by atoms with E-state index >= 15 is 0 Å². The van der Waals surface area contributed by atoms with Crippen molar-refractivity contribution in [3.8, 4) is 5.75 Å². The quantitative estimate of drug-likeness (QED) is 0.558. The standard InChI is InChI=1S/C19H19NO2/c1-2-3-8-20-19(22)16-10-15-9-13-6-4-5-7-14(13)11-17(15)18(21)12-16/h4-7,9-12,21H,2-3,8H2,1H3,(H,20,22). The van der Waals surface area contributed by atoms with E-state index in [0.717, 1.165) is 34.4 Å². The lowest BCUT2D eigenvalue weighted by molar-refractivity contribution is 0.0953. The molecule has 3 heteroatoms. The van der Waals surface area contributed by atoms with Crippen LogP contribution in [0.15, 0.2) is 48.5 Å². The summed E-state index contributed by atoms with van der Waals surface area (Å²) < 4.78 is 0. The molecule has 0 bridgehead atoms. The predicted octanol–water partition coefficient (Wildman–Crippen LogP) is 4.23. The molecule has 22 heavy (non-hydrogen) atoms. The fraction of sp³-hybridized carbons (Fsp3) is 0.211. The first-order chi connectivity index (χ1) is 10.7. The molecule has 3 aromatic rings. The Morgan fingerprint density at radius 3 is 2.50 bits per heavy atom. The van der Waals surface area contributed by atoms with Crippen molar-refractivity contribution in [3.05, 3.63) is 54.1 Å². The number of carbonyl (C=O) groups is 1. The fourth-order valence-electron chi connectivity index (χ4n) is 2.65. The minimum absolute atomic E-state index is 0.140. The van der Waals surface area contributed by atoms with Gasteiger partial charge in [0, 0.05) is 17.5 Å². The van der Waals surface area contributed by atoms with Gasteiger partial charge in [-0.05, 0) is 46.8 Å². The molecule has 0 spiro atoms. The van der Waals surface area contributed by atoms with E-state index < -0.39 is 0 Å². The molecule has 0 aliphatic heterocycles. The highest BCUT2D eigenvalue weighted by Gasteiger charge is 2.10. The SMILES string of the molecule is CCCCNC(=O)c1cc(O)c2cc3ccccc3cc2c1. The summed E-state index contributed by atoms with van der Waals surface area (Å²) in [6, 6.07) is 15.3. The molecule has 0 saturated carbocycles. The normalized spacial score (nSPS) is 11.0.